The molecule has 0 amide bonds. The van der Waals surface area contributed by atoms with E-state index >= 15 is 0 Å². The van der Waals surface area contributed by atoms with E-state index in [1.165, 1.54) is 0 Å². The third-order valence-corrected chi connectivity index (χ3v) is 2.32. The standard InChI is InChI=1S/C11H19N3O/c1-9(15)5-6-14(2)11-4-3-10(7-12)8-13-11/h3-4,8-9,15H,5-7,12H2,1-2H3. The zero-order valence-electron chi connectivity index (χ0n) is 9.35. The Morgan fingerprint density at radius 2 is 2.27 bits per heavy atom. The Kier molecular flexibility index (Phi) is 4.52. The van der Waals surface area contributed by atoms with E-state index in [-0.39, 0.29) is 6.10 Å². The maximum atomic E-state index is 9.17. The summed E-state index contributed by atoms with van der Waals surface area (Å²) in [4.78, 5) is 6.31. The second-order valence-corrected chi connectivity index (χ2v) is 3.79. The van der Waals surface area contributed by atoms with Gasteiger partial charge in [-0.1, -0.05) is 6.07 Å². The second kappa shape index (κ2) is 5.68. The van der Waals surface area contributed by atoms with Gasteiger partial charge < -0.3 is 15.7 Å². The molecule has 0 aromatic carbocycles. The largest absolute Gasteiger partial charge is 0.393 e. The van der Waals surface area contributed by atoms with Crippen molar-refractivity contribution in [1.82, 2.24) is 4.98 Å². The molecule has 0 saturated heterocycles. The summed E-state index contributed by atoms with van der Waals surface area (Å²) in [6.45, 7) is 3.11. The van der Waals surface area contributed by atoms with Gasteiger partial charge in [0, 0.05) is 26.3 Å². The van der Waals surface area contributed by atoms with Crippen LogP contribution in [0.2, 0.25) is 0 Å². The molecule has 4 nitrogen and oxygen atoms in total. The predicted octanol–water partition coefficient (Wildman–Crippen LogP) is 0.747. The molecule has 84 valence electrons. The zero-order chi connectivity index (χ0) is 11.3. The highest BCUT2D eigenvalue weighted by atomic mass is 16.3. The van der Waals surface area contributed by atoms with Gasteiger partial charge in [0.2, 0.25) is 0 Å². The van der Waals surface area contributed by atoms with Crippen LogP contribution in [-0.2, 0) is 6.54 Å². The van der Waals surface area contributed by atoms with Crippen molar-refractivity contribution < 1.29 is 5.11 Å². The predicted molar refractivity (Wildman–Crippen MR) is 61.7 cm³/mol. The summed E-state index contributed by atoms with van der Waals surface area (Å²) in [5.74, 6) is 0.910. The van der Waals surface area contributed by atoms with Gasteiger partial charge in [0.25, 0.3) is 0 Å². The van der Waals surface area contributed by atoms with Crippen LogP contribution in [-0.4, -0.2) is 29.8 Å². The fourth-order valence-electron chi connectivity index (χ4n) is 1.26. The van der Waals surface area contributed by atoms with Crippen molar-refractivity contribution >= 4 is 5.82 Å². The molecule has 0 aliphatic rings. The minimum atomic E-state index is -0.268. The Balaban J connectivity index is 2.54. The Morgan fingerprint density at radius 3 is 2.73 bits per heavy atom. The molecule has 1 aromatic rings. The van der Waals surface area contributed by atoms with Gasteiger partial charge in [-0.25, -0.2) is 4.98 Å². The van der Waals surface area contributed by atoms with Gasteiger partial charge in [-0.15, -0.1) is 0 Å². The Morgan fingerprint density at radius 1 is 1.53 bits per heavy atom. The van der Waals surface area contributed by atoms with Gasteiger partial charge in [0.15, 0.2) is 0 Å². The van der Waals surface area contributed by atoms with Gasteiger partial charge in [-0.05, 0) is 25.0 Å². The van der Waals surface area contributed by atoms with Gasteiger partial charge in [0.05, 0.1) is 6.10 Å². The van der Waals surface area contributed by atoms with E-state index < -0.39 is 0 Å². The van der Waals surface area contributed by atoms with Crippen molar-refractivity contribution in [2.24, 2.45) is 5.73 Å². The molecule has 4 heteroatoms. The van der Waals surface area contributed by atoms with E-state index in [0.717, 1.165) is 24.3 Å². The lowest BCUT2D eigenvalue weighted by atomic mass is 10.2. The molecule has 1 unspecified atom stereocenters. The van der Waals surface area contributed by atoms with Gasteiger partial charge in [-0.2, -0.15) is 0 Å². The summed E-state index contributed by atoms with van der Waals surface area (Å²) >= 11 is 0. The van der Waals surface area contributed by atoms with Crippen LogP contribution >= 0.6 is 0 Å². The van der Waals surface area contributed by atoms with Gasteiger partial charge >= 0.3 is 0 Å². The molecule has 0 saturated carbocycles. The summed E-state index contributed by atoms with van der Waals surface area (Å²) in [7, 11) is 1.97. The van der Waals surface area contributed by atoms with E-state index in [4.69, 9.17) is 10.8 Å². The van der Waals surface area contributed by atoms with Crippen LogP contribution in [0.15, 0.2) is 18.3 Å². The number of nitrogens with two attached hydrogens (primary N) is 1. The summed E-state index contributed by atoms with van der Waals surface area (Å²) < 4.78 is 0. The SMILES string of the molecule is CC(O)CCN(C)c1ccc(CN)cn1. The zero-order valence-corrected chi connectivity index (χ0v) is 9.35. The second-order valence-electron chi connectivity index (χ2n) is 3.79. The molecule has 0 bridgehead atoms. The molecule has 1 rings (SSSR count). The molecule has 0 spiro atoms. The Bertz CT molecular complexity index is 284. The molecule has 0 fully saturated rings. The molecule has 15 heavy (non-hydrogen) atoms. The van der Waals surface area contributed by atoms with Gasteiger partial charge in [0.1, 0.15) is 5.82 Å². The average molecular weight is 209 g/mol. The van der Waals surface area contributed by atoms with E-state index in [9.17, 15) is 0 Å². The monoisotopic (exact) mass is 209 g/mol. The third kappa shape index (κ3) is 3.85. The summed E-state index contributed by atoms with van der Waals surface area (Å²) in [6.07, 6.45) is 2.26. The van der Waals surface area contributed by atoms with Crippen LogP contribution in [0.5, 0.6) is 0 Å². The molecule has 1 atom stereocenters. The lowest BCUT2D eigenvalue weighted by Crippen LogP contribution is -2.22. The lowest BCUT2D eigenvalue weighted by molar-refractivity contribution is 0.187. The minimum Gasteiger partial charge on any atom is -0.393 e. The number of rotatable bonds is 5. The Labute approximate surface area is 90.7 Å². The van der Waals surface area contributed by atoms with E-state index in [0.29, 0.717) is 6.54 Å². The van der Waals surface area contributed by atoms with E-state index in [1.54, 1.807) is 13.1 Å². The lowest BCUT2D eigenvalue weighted by Gasteiger charge is -2.18. The van der Waals surface area contributed by atoms with E-state index in [2.05, 4.69) is 4.98 Å². The van der Waals surface area contributed by atoms with Crippen LogP contribution in [0.4, 0.5) is 5.82 Å². The van der Waals surface area contributed by atoms with Crippen molar-refractivity contribution in [1.29, 1.82) is 0 Å². The summed E-state index contributed by atoms with van der Waals surface area (Å²) in [6, 6.07) is 3.92. The first-order chi connectivity index (χ1) is 7.13. The number of anilines is 1. The molecule has 1 heterocycles. The number of aliphatic hydroxyl groups excluding tert-OH is 1. The fourth-order valence-corrected chi connectivity index (χ4v) is 1.26. The van der Waals surface area contributed by atoms with Crippen molar-refractivity contribution in [2.45, 2.75) is 26.0 Å². The number of aliphatic hydroxyl groups is 1. The maximum Gasteiger partial charge on any atom is 0.128 e. The quantitative estimate of drug-likeness (QED) is 0.751. The molecule has 3 N–H and O–H groups in total. The smallest absolute Gasteiger partial charge is 0.128 e. The number of pyridine rings is 1. The number of nitrogens with zero attached hydrogens (tertiary/aromatic N) is 2. The number of aromatic nitrogens is 1. The summed E-state index contributed by atoms with van der Waals surface area (Å²) in [5, 5.41) is 9.17. The fraction of sp³-hybridized carbons (Fsp3) is 0.545. The van der Waals surface area contributed by atoms with Crippen LogP contribution in [0, 0.1) is 0 Å². The number of hydrogen-bond acceptors (Lipinski definition) is 4. The first kappa shape index (κ1) is 11.9. The Hall–Kier alpha value is -1.13. The van der Waals surface area contributed by atoms with Crippen LogP contribution in [0.25, 0.3) is 0 Å². The topological polar surface area (TPSA) is 62.4 Å². The highest BCUT2D eigenvalue weighted by Crippen LogP contribution is 2.10. The van der Waals surface area contributed by atoms with Crippen molar-refractivity contribution in [3.63, 3.8) is 0 Å². The maximum absolute atomic E-state index is 9.17. The van der Waals surface area contributed by atoms with Crippen molar-refractivity contribution in [3.8, 4) is 0 Å². The third-order valence-electron chi connectivity index (χ3n) is 2.32. The first-order valence-electron chi connectivity index (χ1n) is 5.17. The van der Waals surface area contributed by atoms with Crippen molar-refractivity contribution in [2.75, 3.05) is 18.5 Å². The summed E-state index contributed by atoms with van der Waals surface area (Å²) in [5.41, 5.74) is 6.52. The van der Waals surface area contributed by atoms with Crippen LogP contribution in [0.1, 0.15) is 18.9 Å². The normalized spacial score (nSPS) is 12.5. The molecule has 0 aliphatic carbocycles. The molecular formula is C11H19N3O. The minimum absolute atomic E-state index is 0.268. The van der Waals surface area contributed by atoms with Crippen molar-refractivity contribution in [3.05, 3.63) is 23.9 Å². The number of hydrogen-bond donors (Lipinski definition) is 2. The van der Waals surface area contributed by atoms with Gasteiger partial charge in [-0.3, -0.25) is 0 Å². The average Bonchev–Trinajstić information content (AvgIpc) is 2.26. The van der Waals surface area contributed by atoms with Crippen LogP contribution in [0.3, 0.4) is 0 Å². The first-order valence-corrected chi connectivity index (χ1v) is 5.17. The molecule has 0 aliphatic heterocycles. The molecule has 1 aromatic heterocycles. The molecule has 0 radical (unpaired) electrons. The van der Waals surface area contributed by atoms with E-state index in [1.807, 2.05) is 24.1 Å². The van der Waals surface area contributed by atoms with Crippen LogP contribution < -0.4 is 10.6 Å². The highest BCUT2D eigenvalue weighted by molar-refractivity contribution is 5.38. The highest BCUT2D eigenvalue weighted by Gasteiger charge is 2.03. The molecular weight excluding hydrogens is 190 g/mol.